The second-order valence-electron chi connectivity index (χ2n) is 3.81. The number of hydrogen-bond acceptors (Lipinski definition) is 3. The van der Waals surface area contributed by atoms with E-state index in [2.05, 4.69) is 10.6 Å². The van der Waals surface area contributed by atoms with Crippen molar-refractivity contribution in [1.82, 2.24) is 10.6 Å². The third kappa shape index (κ3) is 2.00. The Bertz CT molecular complexity index is 200. The topological polar surface area (TPSA) is 50.4 Å². The molecule has 2 saturated heterocycles. The molecule has 2 heterocycles. The highest BCUT2D eigenvalue weighted by Gasteiger charge is 2.36. The van der Waals surface area contributed by atoms with Crippen LogP contribution in [-0.2, 0) is 9.53 Å². The first-order valence-corrected chi connectivity index (χ1v) is 4.92. The number of ether oxygens (including phenoxy) is 1. The van der Waals surface area contributed by atoms with Gasteiger partial charge in [0.05, 0.1) is 18.6 Å². The molecule has 13 heavy (non-hydrogen) atoms. The van der Waals surface area contributed by atoms with Crippen LogP contribution in [0.4, 0.5) is 0 Å². The average Bonchev–Trinajstić information content (AvgIpc) is 2.29. The maximum absolute atomic E-state index is 11.3. The van der Waals surface area contributed by atoms with E-state index in [1.807, 2.05) is 0 Å². The zero-order valence-corrected chi connectivity index (χ0v) is 7.77. The zero-order chi connectivity index (χ0) is 9.15. The average molecular weight is 184 g/mol. The van der Waals surface area contributed by atoms with Crippen molar-refractivity contribution in [2.45, 2.75) is 24.9 Å². The van der Waals surface area contributed by atoms with Crippen molar-refractivity contribution in [2.24, 2.45) is 0 Å². The van der Waals surface area contributed by atoms with Gasteiger partial charge in [0, 0.05) is 6.54 Å². The lowest BCUT2D eigenvalue weighted by atomic mass is 9.88. The molecule has 0 aromatic heterocycles. The van der Waals surface area contributed by atoms with Gasteiger partial charge in [-0.25, -0.2) is 0 Å². The molecule has 2 aliphatic heterocycles. The van der Waals surface area contributed by atoms with Crippen LogP contribution in [0.2, 0.25) is 0 Å². The highest BCUT2D eigenvalue weighted by atomic mass is 16.5. The van der Waals surface area contributed by atoms with E-state index in [4.69, 9.17) is 4.74 Å². The number of nitrogens with one attached hydrogen (secondary N) is 2. The van der Waals surface area contributed by atoms with Gasteiger partial charge in [-0.1, -0.05) is 0 Å². The van der Waals surface area contributed by atoms with Crippen LogP contribution < -0.4 is 10.6 Å². The summed E-state index contributed by atoms with van der Waals surface area (Å²) in [4.78, 5) is 11.3. The predicted octanol–water partition coefficient (Wildman–Crippen LogP) is -0.355. The quantitative estimate of drug-likeness (QED) is 0.541. The molecule has 0 bridgehead atoms. The molecule has 74 valence electrons. The van der Waals surface area contributed by atoms with Crippen LogP contribution >= 0.6 is 0 Å². The number of carbonyl (C=O) groups is 1. The molecule has 2 N–H and O–H groups in total. The number of hydrogen-bond donors (Lipinski definition) is 2. The monoisotopic (exact) mass is 184 g/mol. The Kier molecular flexibility index (Phi) is 2.51. The van der Waals surface area contributed by atoms with Crippen LogP contribution in [0.1, 0.15) is 19.3 Å². The van der Waals surface area contributed by atoms with E-state index in [1.165, 1.54) is 0 Å². The van der Waals surface area contributed by atoms with Crippen LogP contribution in [0.5, 0.6) is 0 Å². The summed E-state index contributed by atoms with van der Waals surface area (Å²) in [7, 11) is 0. The number of carbonyl (C=O) groups excluding carboxylic acids is 1. The summed E-state index contributed by atoms with van der Waals surface area (Å²) in [5, 5.41) is 6.11. The van der Waals surface area contributed by atoms with E-state index >= 15 is 0 Å². The lowest BCUT2D eigenvalue weighted by molar-refractivity contribution is -0.126. The fourth-order valence-corrected chi connectivity index (χ4v) is 2.07. The second kappa shape index (κ2) is 3.64. The van der Waals surface area contributed by atoms with Crippen molar-refractivity contribution >= 4 is 5.91 Å². The molecule has 0 aromatic rings. The molecule has 0 atom stereocenters. The van der Waals surface area contributed by atoms with Crippen molar-refractivity contribution in [3.63, 3.8) is 0 Å². The molecule has 0 unspecified atom stereocenters. The van der Waals surface area contributed by atoms with Crippen molar-refractivity contribution in [3.05, 3.63) is 0 Å². The molecule has 2 rings (SSSR count). The van der Waals surface area contributed by atoms with Gasteiger partial charge in [0.15, 0.2) is 0 Å². The normalized spacial score (nSPS) is 28.2. The number of rotatable bonds is 0. The summed E-state index contributed by atoms with van der Waals surface area (Å²) in [6.07, 6.45) is 2.45. The van der Waals surface area contributed by atoms with Gasteiger partial charge in [-0.15, -0.1) is 0 Å². The van der Waals surface area contributed by atoms with Gasteiger partial charge in [0.1, 0.15) is 0 Å². The minimum absolute atomic E-state index is 0.138. The maximum atomic E-state index is 11.3. The molecule has 0 saturated carbocycles. The highest BCUT2D eigenvalue weighted by Crippen LogP contribution is 2.27. The third-order valence-electron chi connectivity index (χ3n) is 2.83. The summed E-state index contributed by atoms with van der Waals surface area (Å²) in [6, 6.07) is 0. The van der Waals surface area contributed by atoms with Crippen molar-refractivity contribution in [2.75, 3.05) is 26.2 Å². The lowest BCUT2D eigenvalue weighted by Gasteiger charge is -2.35. The summed E-state index contributed by atoms with van der Waals surface area (Å²) in [5.74, 6) is 0.138. The fourth-order valence-electron chi connectivity index (χ4n) is 2.07. The number of amides is 1. The van der Waals surface area contributed by atoms with Gasteiger partial charge in [-0.2, -0.15) is 0 Å². The van der Waals surface area contributed by atoms with E-state index in [9.17, 15) is 4.79 Å². The zero-order valence-electron chi connectivity index (χ0n) is 7.77. The van der Waals surface area contributed by atoms with Gasteiger partial charge >= 0.3 is 0 Å². The second-order valence-corrected chi connectivity index (χ2v) is 3.81. The lowest BCUT2D eigenvalue weighted by Crippen LogP contribution is -2.45. The molecule has 4 nitrogen and oxygen atoms in total. The minimum Gasteiger partial charge on any atom is -0.373 e. The Morgan fingerprint density at radius 2 is 2.00 bits per heavy atom. The predicted molar refractivity (Wildman–Crippen MR) is 48.4 cm³/mol. The Hall–Kier alpha value is -0.610. The third-order valence-corrected chi connectivity index (χ3v) is 2.83. The van der Waals surface area contributed by atoms with Gasteiger partial charge in [-0.05, 0) is 25.9 Å². The Balaban J connectivity index is 2.04. The largest absolute Gasteiger partial charge is 0.373 e. The van der Waals surface area contributed by atoms with E-state index in [-0.39, 0.29) is 11.5 Å². The fraction of sp³-hybridized carbons (Fsp3) is 0.889. The molecule has 2 aliphatic rings. The highest BCUT2D eigenvalue weighted by molar-refractivity contribution is 5.77. The molecule has 0 radical (unpaired) electrons. The Morgan fingerprint density at radius 3 is 2.77 bits per heavy atom. The summed E-state index contributed by atoms with van der Waals surface area (Å²) < 4.78 is 5.78. The van der Waals surface area contributed by atoms with E-state index in [0.717, 1.165) is 25.9 Å². The standard InChI is InChI=1S/C9H16N2O2/c12-8-7-9(13-6-5-11-8)1-3-10-4-2-9/h10H,1-7H2,(H,11,12). The van der Waals surface area contributed by atoms with Crippen molar-refractivity contribution < 1.29 is 9.53 Å². The van der Waals surface area contributed by atoms with Crippen molar-refractivity contribution in [1.29, 1.82) is 0 Å². The molecule has 2 fully saturated rings. The smallest absolute Gasteiger partial charge is 0.222 e. The molecule has 1 amide bonds. The van der Waals surface area contributed by atoms with Crippen molar-refractivity contribution in [3.8, 4) is 0 Å². The van der Waals surface area contributed by atoms with Gasteiger partial charge < -0.3 is 15.4 Å². The SMILES string of the molecule is O=C1CC2(CCNCC2)OCCN1. The van der Waals surface area contributed by atoms with Crippen LogP contribution in [-0.4, -0.2) is 37.7 Å². The van der Waals surface area contributed by atoms with Gasteiger partial charge in [-0.3, -0.25) is 4.79 Å². The summed E-state index contributed by atoms with van der Waals surface area (Å²) >= 11 is 0. The van der Waals surface area contributed by atoms with Crippen LogP contribution in [0.3, 0.4) is 0 Å². The summed E-state index contributed by atoms with van der Waals surface area (Å²) in [6.45, 7) is 3.25. The molecular weight excluding hydrogens is 168 g/mol. The molecule has 0 aliphatic carbocycles. The first-order chi connectivity index (χ1) is 6.31. The van der Waals surface area contributed by atoms with Crippen LogP contribution in [0.15, 0.2) is 0 Å². The van der Waals surface area contributed by atoms with Crippen LogP contribution in [0, 0.1) is 0 Å². The Labute approximate surface area is 78.0 Å². The van der Waals surface area contributed by atoms with Crippen LogP contribution in [0.25, 0.3) is 0 Å². The molecule has 0 aromatic carbocycles. The van der Waals surface area contributed by atoms with E-state index in [0.29, 0.717) is 19.6 Å². The number of piperidine rings is 1. The molecular formula is C9H16N2O2. The summed E-state index contributed by atoms with van der Waals surface area (Å²) in [5.41, 5.74) is -0.161. The maximum Gasteiger partial charge on any atom is 0.222 e. The van der Waals surface area contributed by atoms with Gasteiger partial charge in [0.25, 0.3) is 0 Å². The first-order valence-electron chi connectivity index (χ1n) is 4.92. The first kappa shape index (κ1) is 8.97. The van der Waals surface area contributed by atoms with Gasteiger partial charge in [0.2, 0.25) is 5.91 Å². The Morgan fingerprint density at radius 1 is 1.23 bits per heavy atom. The van der Waals surface area contributed by atoms with E-state index in [1.54, 1.807) is 0 Å². The van der Waals surface area contributed by atoms with E-state index < -0.39 is 0 Å². The molecule has 1 spiro atoms. The molecule has 4 heteroatoms. The minimum atomic E-state index is -0.161.